The summed E-state index contributed by atoms with van der Waals surface area (Å²) in [7, 11) is 0. The van der Waals surface area contributed by atoms with Crippen molar-refractivity contribution in [1.29, 1.82) is 0 Å². The van der Waals surface area contributed by atoms with E-state index in [1.54, 1.807) is 12.3 Å². The number of hydrogen-bond donors (Lipinski definition) is 2. The molecule has 150 valence electrons. The second-order valence-corrected chi connectivity index (χ2v) is 7.96. The average Bonchev–Trinajstić information content (AvgIpc) is 2.69. The van der Waals surface area contributed by atoms with Gasteiger partial charge in [0.1, 0.15) is 11.0 Å². The van der Waals surface area contributed by atoms with Gasteiger partial charge in [-0.05, 0) is 30.9 Å². The Morgan fingerprint density at radius 1 is 1.18 bits per heavy atom. The second-order valence-electron chi connectivity index (χ2n) is 7.19. The zero-order valence-electron chi connectivity index (χ0n) is 16.0. The van der Waals surface area contributed by atoms with Crippen LogP contribution < -0.4 is 10.6 Å². The molecule has 1 amide bonds. The largest absolute Gasteiger partial charge is 0.384 e. The van der Waals surface area contributed by atoms with Crippen molar-refractivity contribution in [3.05, 3.63) is 34.7 Å². The number of nitrogens with one attached hydrogen (secondary N) is 2. The zero-order valence-corrected chi connectivity index (χ0v) is 17.5. The molecule has 3 heterocycles. The minimum atomic E-state index is -0.149. The maximum Gasteiger partial charge on any atom is 0.228 e. The van der Waals surface area contributed by atoms with Crippen molar-refractivity contribution < 1.29 is 9.53 Å². The van der Waals surface area contributed by atoms with Crippen LogP contribution in [0.1, 0.15) is 26.7 Å². The van der Waals surface area contributed by atoms with E-state index in [-0.39, 0.29) is 11.8 Å². The first kappa shape index (κ1) is 20.8. The van der Waals surface area contributed by atoms with Gasteiger partial charge in [-0.3, -0.25) is 4.79 Å². The summed E-state index contributed by atoms with van der Waals surface area (Å²) in [4.78, 5) is 20.4. The van der Waals surface area contributed by atoms with Crippen molar-refractivity contribution in [3.8, 4) is 11.1 Å². The van der Waals surface area contributed by atoms with Gasteiger partial charge in [-0.1, -0.05) is 37.0 Å². The van der Waals surface area contributed by atoms with Gasteiger partial charge in [-0.25, -0.2) is 9.97 Å². The Labute approximate surface area is 175 Å². The lowest BCUT2D eigenvalue weighted by molar-refractivity contribution is -0.118. The Bertz CT molecular complexity index is 839. The zero-order chi connectivity index (χ0) is 20.1. The third-order valence-electron chi connectivity index (χ3n) is 4.70. The molecule has 0 radical (unpaired) electrons. The SMILES string of the molecule is CC(C)C(=O)Nc1cc(-c2cc(NCC3CCOCC3)cnc2Cl)c(Cl)cn1. The molecule has 8 heteroatoms. The molecule has 1 saturated heterocycles. The number of hydrogen-bond acceptors (Lipinski definition) is 5. The maximum absolute atomic E-state index is 12.0. The molecule has 0 aromatic carbocycles. The fraction of sp³-hybridized carbons (Fsp3) is 0.450. The van der Waals surface area contributed by atoms with Gasteiger partial charge in [0.15, 0.2) is 0 Å². The second kappa shape index (κ2) is 9.54. The molecule has 1 aliphatic heterocycles. The molecule has 1 aliphatic rings. The highest BCUT2D eigenvalue weighted by atomic mass is 35.5. The highest BCUT2D eigenvalue weighted by Gasteiger charge is 2.16. The van der Waals surface area contributed by atoms with Crippen LogP contribution in [0.3, 0.4) is 0 Å². The highest BCUT2D eigenvalue weighted by Crippen LogP contribution is 2.35. The molecule has 2 N–H and O–H groups in total. The van der Waals surface area contributed by atoms with Crippen molar-refractivity contribution >= 4 is 40.6 Å². The van der Waals surface area contributed by atoms with Crippen LogP contribution in [-0.4, -0.2) is 35.6 Å². The number of carbonyl (C=O) groups is 1. The molecular formula is C20H24Cl2N4O2. The van der Waals surface area contributed by atoms with Crippen molar-refractivity contribution in [2.75, 3.05) is 30.4 Å². The number of carbonyl (C=O) groups excluding carboxylic acids is 1. The van der Waals surface area contributed by atoms with Crippen molar-refractivity contribution in [2.24, 2.45) is 11.8 Å². The number of amides is 1. The molecule has 1 fully saturated rings. The molecule has 0 bridgehead atoms. The predicted octanol–water partition coefficient (Wildman–Crippen LogP) is 4.88. The molecule has 0 spiro atoms. The minimum absolute atomic E-state index is 0.114. The third kappa shape index (κ3) is 5.34. The van der Waals surface area contributed by atoms with E-state index in [1.165, 1.54) is 6.20 Å². The molecule has 3 rings (SSSR count). The lowest BCUT2D eigenvalue weighted by atomic mass is 10.0. The lowest BCUT2D eigenvalue weighted by Gasteiger charge is -2.22. The Kier molecular flexibility index (Phi) is 7.10. The number of halogens is 2. The minimum Gasteiger partial charge on any atom is -0.384 e. The quantitative estimate of drug-likeness (QED) is 0.648. The summed E-state index contributed by atoms with van der Waals surface area (Å²) in [6, 6.07) is 3.64. The van der Waals surface area contributed by atoms with Gasteiger partial charge >= 0.3 is 0 Å². The molecule has 0 aliphatic carbocycles. The monoisotopic (exact) mass is 422 g/mol. The summed E-state index contributed by atoms with van der Waals surface area (Å²) < 4.78 is 5.40. The molecule has 28 heavy (non-hydrogen) atoms. The fourth-order valence-electron chi connectivity index (χ4n) is 2.93. The number of pyridine rings is 2. The number of nitrogens with zero attached hydrogens (tertiary/aromatic N) is 2. The first-order chi connectivity index (χ1) is 13.4. The van der Waals surface area contributed by atoms with Crippen LogP contribution in [0.4, 0.5) is 11.5 Å². The molecular weight excluding hydrogens is 399 g/mol. The average molecular weight is 423 g/mol. The smallest absolute Gasteiger partial charge is 0.228 e. The Balaban J connectivity index is 1.80. The molecule has 2 aromatic rings. The van der Waals surface area contributed by atoms with E-state index in [9.17, 15) is 4.79 Å². The first-order valence-electron chi connectivity index (χ1n) is 9.38. The highest BCUT2D eigenvalue weighted by molar-refractivity contribution is 6.36. The van der Waals surface area contributed by atoms with Gasteiger partial charge in [0, 0.05) is 43.0 Å². The topological polar surface area (TPSA) is 76.1 Å². The standard InChI is InChI=1S/C20H24Cl2N4O2/c1-12(2)20(27)26-18-8-15(17(21)11-24-18)16-7-14(10-25-19(16)22)23-9-13-3-5-28-6-4-13/h7-8,10-13,23H,3-6,9H2,1-2H3,(H,24,26,27). The number of ether oxygens (including phenoxy) is 1. The summed E-state index contributed by atoms with van der Waals surface area (Å²) in [6.07, 6.45) is 5.32. The van der Waals surface area contributed by atoms with Crippen LogP contribution >= 0.6 is 23.2 Å². The van der Waals surface area contributed by atoms with E-state index in [0.29, 0.717) is 33.0 Å². The molecule has 0 atom stereocenters. The molecule has 0 saturated carbocycles. The Morgan fingerprint density at radius 2 is 1.93 bits per heavy atom. The summed E-state index contributed by atoms with van der Waals surface area (Å²) in [6.45, 7) is 6.12. The maximum atomic E-state index is 12.0. The summed E-state index contributed by atoms with van der Waals surface area (Å²) in [5.74, 6) is 0.741. The summed E-state index contributed by atoms with van der Waals surface area (Å²) >= 11 is 12.7. The van der Waals surface area contributed by atoms with Crippen molar-refractivity contribution in [3.63, 3.8) is 0 Å². The molecule has 6 nitrogen and oxygen atoms in total. The van der Waals surface area contributed by atoms with Crippen LogP contribution in [0, 0.1) is 11.8 Å². The molecule has 2 aromatic heterocycles. The Hall–Kier alpha value is -1.89. The van der Waals surface area contributed by atoms with Crippen molar-refractivity contribution in [2.45, 2.75) is 26.7 Å². The van der Waals surface area contributed by atoms with Gasteiger partial charge in [-0.2, -0.15) is 0 Å². The predicted molar refractivity (Wildman–Crippen MR) is 113 cm³/mol. The van der Waals surface area contributed by atoms with Gasteiger partial charge in [0.25, 0.3) is 0 Å². The van der Waals surface area contributed by atoms with E-state index < -0.39 is 0 Å². The van der Waals surface area contributed by atoms with Gasteiger partial charge in [0.2, 0.25) is 5.91 Å². The van der Waals surface area contributed by atoms with E-state index in [0.717, 1.165) is 38.3 Å². The van der Waals surface area contributed by atoms with Gasteiger partial charge in [0.05, 0.1) is 16.9 Å². The normalized spacial score (nSPS) is 14.9. The van der Waals surface area contributed by atoms with Crippen molar-refractivity contribution in [1.82, 2.24) is 9.97 Å². The number of rotatable bonds is 6. The number of anilines is 2. The van der Waals surface area contributed by atoms with Crippen LogP contribution in [0.15, 0.2) is 24.5 Å². The van der Waals surface area contributed by atoms with Crippen LogP contribution in [0.25, 0.3) is 11.1 Å². The van der Waals surface area contributed by atoms with E-state index in [2.05, 4.69) is 20.6 Å². The lowest BCUT2D eigenvalue weighted by Crippen LogP contribution is -2.22. The summed E-state index contributed by atoms with van der Waals surface area (Å²) in [5.41, 5.74) is 2.22. The van der Waals surface area contributed by atoms with E-state index >= 15 is 0 Å². The van der Waals surface area contributed by atoms with Crippen LogP contribution in [0.2, 0.25) is 10.2 Å². The van der Waals surface area contributed by atoms with E-state index in [4.69, 9.17) is 27.9 Å². The third-order valence-corrected chi connectivity index (χ3v) is 5.30. The number of aromatic nitrogens is 2. The van der Waals surface area contributed by atoms with Crippen LogP contribution in [-0.2, 0) is 9.53 Å². The summed E-state index contributed by atoms with van der Waals surface area (Å²) in [5, 5.41) is 6.99. The first-order valence-corrected chi connectivity index (χ1v) is 10.1. The van der Waals surface area contributed by atoms with Crippen LogP contribution in [0.5, 0.6) is 0 Å². The fourth-order valence-corrected chi connectivity index (χ4v) is 3.34. The van der Waals surface area contributed by atoms with E-state index in [1.807, 2.05) is 19.9 Å². The van der Waals surface area contributed by atoms with Gasteiger partial charge < -0.3 is 15.4 Å². The molecule has 0 unspecified atom stereocenters. The Morgan fingerprint density at radius 3 is 2.64 bits per heavy atom. The van der Waals surface area contributed by atoms with Gasteiger partial charge in [-0.15, -0.1) is 0 Å².